The first-order chi connectivity index (χ1) is 17.6. The number of nitrogens with zero attached hydrogens (tertiary/aromatic N) is 2. The number of aryl methyl sites for hydroxylation is 1. The standard InChI is InChI=1S/C31H28BrN3O/c1-2-35-21-24(26-11-6-7-13-29(26)35)20-30(36)34-28(19-22-9-4-3-5-10-22)31-27(12-8-18-33-31)23-14-16-25(32)17-15-23/h3-18,21,28H,2,19-20H2,1H3,(H,34,36). The van der Waals surface area contributed by atoms with Crippen molar-refractivity contribution in [2.24, 2.45) is 0 Å². The third-order valence-corrected chi connectivity index (χ3v) is 7.03. The number of benzene rings is 3. The summed E-state index contributed by atoms with van der Waals surface area (Å²) in [6, 6.07) is 30.5. The monoisotopic (exact) mass is 537 g/mol. The molecule has 0 saturated carbocycles. The van der Waals surface area contributed by atoms with E-state index in [2.05, 4.69) is 81.4 Å². The molecule has 0 fully saturated rings. The molecule has 2 aromatic heterocycles. The summed E-state index contributed by atoms with van der Waals surface area (Å²) in [6.07, 6.45) is 4.88. The van der Waals surface area contributed by atoms with Gasteiger partial charge in [0.25, 0.3) is 0 Å². The maximum atomic E-state index is 13.5. The highest BCUT2D eigenvalue weighted by Crippen LogP contribution is 2.30. The second kappa shape index (κ2) is 10.9. The zero-order valence-corrected chi connectivity index (χ0v) is 21.8. The second-order valence-corrected chi connectivity index (χ2v) is 9.80. The van der Waals surface area contributed by atoms with Gasteiger partial charge in [-0.3, -0.25) is 9.78 Å². The molecule has 1 amide bonds. The van der Waals surface area contributed by atoms with Crippen molar-refractivity contribution < 1.29 is 4.79 Å². The van der Waals surface area contributed by atoms with Crippen LogP contribution in [0.2, 0.25) is 0 Å². The number of fused-ring (bicyclic) bond motifs is 1. The van der Waals surface area contributed by atoms with E-state index in [-0.39, 0.29) is 11.9 Å². The lowest BCUT2D eigenvalue weighted by Crippen LogP contribution is -2.32. The van der Waals surface area contributed by atoms with Crippen molar-refractivity contribution in [1.29, 1.82) is 0 Å². The fourth-order valence-electron chi connectivity index (χ4n) is 4.78. The maximum absolute atomic E-state index is 13.5. The van der Waals surface area contributed by atoms with Crippen LogP contribution in [0.3, 0.4) is 0 Å². The van der Waals surface area contributed by atoms with Crippen LogP contribution in [0.15, 0.2) is 108 Å². The molecule has 4 nitrogen and oxygen atoms in total. The van der Waals surface area contributed by atoms with Crippen molar-refractivity contribution in [3.63, 3.8) is 0 Å². The van der Waals surface area contributed by atoms with Crippen LogP contribution in [0.25, 0.3) is 22.0 Å². The molecule has 0 bridgehead atoms. The van der Waals surface area contributed by atoms with Gasteiger partial charge in [-0.25, -0.2) is 0 Å². The van der Waals surface area contributed by atoms with Gasteiger partial charge in [-0.2, -0.15) is 0 Å². The van der Waals surface area contributed by atoms with Crippen molar-refractivity contribution in [3.05, 3.63) is 125 Å². The largest absolute Gasteiger partial charge is 0.347 e. The van der Waals surface area contributed by atoms with Crippen LogP contribution < -0.4 is 5.32 Å². The van der Waals surface area contributed by atoms with Gasteiger partial charge in [-0.1, -0.05) is 82.7 Å². The van der Waals surface area contributed by atoms with Crippen molar-refractivity contribution in [1.82, 2.24) is 14.9 Å². The maximum Gasteiger partial charge on any atom is 0.225 e. The first-order valence-electron chi connectivity index (χ1n) is 12.2. The Hall–Kier alpha value is -3.70. The lowest BCUT2D eigenvalue weighted by molar-refractivity contribution is -0.121. The van der Waals surface area contributed by atoms with E-state index < -0.39 is 0 Å². The van der Waals surface area contributed by atoms with E-state index in [1.54, 1.807) is 6.20 Å². The normalized spacial score (nSPS) is 11.9. The highest BCUT2D eigenvalue weighted by atomic mass is 79.9. The molecule has 3 aromatic carbocycles. The fourth-order valence-corrected chi connectivity index (χ4v) is 5.04. The van der Waals surface area contributed by atoms with Crippen LogP contribution in [0.1, 0.15) is 29.8 Å². The third-order valence-electron chi connectivity index (χ3n) is 6.50. The first kappa shape index (κ1) is 24.0. The van der Waals surface area contributed by atoms with Crippen LogP contribution in [0.4, 0.5) is 0 Å². The van der Waals surface area contributed by atoms with E-state index in [1.807, 2.05) is 48.5 Å². The van der Waals surface area contributed by atoms with Gasteiger partial charge < -0.3 is 9.88 Å². The van der Waals surface area contributed by atoms with Crippen LogP contribution >= 0.6 is 15.9 Å². The lowest BCUT2D eigenvalue weighted by atomic mass is 9.95. The fraction of sp³-hybridized carbons (Fsp3) is 0.161. The topological polar surface area (TPSA) is 46.9 Å². The van der Waals surface area contributed by atoms with Crippen LogP contribution in [0, 0.1) is 0 Å². The second-order valence-electron chi connectivity index (χ2n) is 8.89. The molecule has 5 rings (SSSR count). The number of carbonyl (C=O) groups excluding carboxylic acids is 1. The van der Waals surface area contributed by atoms with Gasteiger partial charge in [0, 0.05) is 39.9 Å². The predicted molar refractivity (Wildman–Crippen MR) is 150 cm³/mol. The number of hydrogen-bond donors (Lipinski definition) is 1. The zero-order valence-electron chi connectivity index (χ0n) is 20.2. The zero-order chi connectivity index (χ0) is 24.9. The molecule has 0 spiro atoms. The summed E-state index contributed by atoms with van der Waals surface area (Å²) >= 11 is 3.52. The summed E-state index contributed by atoms with van der Waals surface area (Å²) in [5.41, 5.74) is 6.31. The smallest absolute Gasteiger partial charge is 0.225 e. The average Bonchev–Trinajstić information content (AvgIpc) is 3.27. The Bertz CT molecular complexity index is 1480. The number of para-hydroxylation sites is 1. The minimum atomic E-state index is -0.265. The summed E-state index contributed by atoms with van der Waals surface area (Å²) in [6.45, 7) is 2.99. The quantitative estimate of drug-likeness (QED) is 0.229. The number of amides is 1. The van der Waals surface area contributed by atoms with Gasteiger partial charge in [0.2, 0.25) is 5.91 Å². The number of hydrogen-bond acceptors (Lipinski definition) is 2. The Kier molecular flexibility index (Phi) is 7.28. The molecule has 0 aliphatic rings. The number of rotatable bonds is 8. The van der Waals surface area contributed by atoms with E-state index in [0.29, 0.717) is 12.8 Å². The van der Waals surface area contributed by atoms with Gasteiger partial charge in [-0.15, -0.1) is 0 Å². The van der Waals surface area contributed by atoms with Gasteiger partial charge in [-0.05, 0) is 54.3 Å². The van der Waals surface area contributed by atoms with E-state index in [4.69, 9.17) is 4.98 Å². The molecule has 1 atom stereocenters. The highest BCUT2D eigenvalue weighted by molar-refractivity contribution is 9.10. The predicted octanol–water partition coefficient (Wildman–Crippen LogP) is 7.13. The SMILES string of the molecule is CCn1cc(CC(=O)NC(Cc2ccccc2)c2ncccc2-c2ccc(Br)cc2)c2ccccc21. The molecular formula is C31H28BrN3O. The average molecular weight is 538 g/mol. The first-order valence-corrected chi connectivity index (χ1v) is 13.0. The number of carbonyl (C=O) groups is 1. The van der Waals surface area contributed by atoms with Crippen molar-refractivity contribution in [3.8, 4) is 11.1 Å². The number of nitrogens with one attached hydrogen (secondary N) is 1. The summed E-state index contributed by atoms with van der Waals surface area (Å²) in [5, 5.41) is 4.45. The van der Waals surface area contributed by atoms with Gasteiger partial charge >= 0.3 is 0 Å². The molecule has 1 N–H and O–H groups in total. The van der Waals surface area contributed by atoms with Gasteiger partial charge in [0.15, 0.2) is 0 Å². The molecular weight excluding hydrogens is 510 g/mol. The molecule has 1 unspecified atom stereocenters. The molecule has 0 aliphatic carbocycles. The molecule has 0 saturated heterocycles. The lowest BCUT2D eigenvalue weighted by Gasteiger charge is -2.21. The Morgan fingerprint density at radius 1 is 0.944 bits per heavy atom. The number of halogens is 1. The minimum absolute atomic E-state index is 0.0117. The summed E-state index contributed by atoms with van der Waals surface area (Å²) in [5.74, 6) is -0.0117. The Balaban J connectivity index is 1.47. The molecule has 180 valence electrons. The van der Waals surface area contributed by atoms with Gasteiger partial charge in [0.1, 0.15) is 0 Å². The Labute approximate surface area is 220 Å². The molecule has 0 aliphatic heterocycles. The highest BCUT2D eigenvalue weighted by Gasteiger charge is 2.22. The van der Waals surface area contributed by atoms with E-state index in [0.717, 1.165) is 49.9 Å². The van der Waals surface area contributed by atoms with Crippen LogP contribution in [0.5, 0.6) is 0 Å². The van der Waals surface area contributed by atoms with Crippen molar-refractivity contribution in [2.75, 3.05) is 0 Å². The number of pyridine rings is 1. The van der Waals surface area contributed by atoms with E-state index in [9.17, 15) is 4.79 Å². The minimum Gasteiger partial charge on any atom is -0.347 e. The third kappa shape index (κ3) is 5.26. The molecule has 5 heteroatoms. The Morgan fingerprint density at radius 3 is 2.47 bits per heavy atom. The van der Waals surface area contributed by atoms with Crippen molar-refractivity contribution >= 4 is 32.7 Å². The molecule has 0 radical (unpaired) electrons. The van der Waals surface area contributed by atoms with Crippen molar-refractivity contribution in [2.45, 2.75) is 32.4 Å². The Morgan fingerprint density at radius 2 is 1.69 bits per heavy atom. The van der Waals surface area contributed by atoms with Crippen LogP contribution in [-0.2, 0) is 24.2 Å². The number of aromatic nitrogens is 2. The van der Waals surface area contributed by atoms with Crippen LogP contribution in [-0.4, -0.2) is 15.5 Å². The summed E-state index contributed by atoms with van der Waals surface area (Å²) < 4.78 is 3.22. The van der Waals surface area contributed by atoms with Gasteiger partial charge in [0.05, 0.1) is 18.2 Å². The van der Waals surface area contributed by atoms with E-state index in [1.165, 1.54) is 0 Å². The summed E-state index contributed by atoms with van der Waals surface area (Å²) in [7, 11) is 0. The molecule has 5 aromatic rings. The summed E-state index contributed by atoms with van der Waals surface area (Å²) in [4.78, 5) is 18.2. The van der Waals surface area contributed by atoms with E-state index >= 15 is 0 Å². The molecule has 2 heterocycles. The molecule has 36 heavy (non-hydrogen) atoms.